The number of hydrogen-bond donors (Lipinski definition) is 10. The molecule has 1 aromatic rings. The second-order valence-corrected chi connectivity index (χ2v) is 17.9. The van der Waals surface area contributed by atoms with Gasteiger partial charge in [-0.3, -0.25) is 43.2 Å². The standard InChI is InChI=1S/C38H58N10O10S2/c1-5-20(4)31-37(57)45-26(15-29(40)50)34(54)46-27(18-60-59-17-23(39)32(52)43-25(35(55)47-31)14-21-8-10-22(49)11-9-21)38(58)48-12-6-7-28(48)36(56)44-24(13-19(2)3)33(53)42-16-30(41)51/h8-11,19-20,23-28,31,49H,5-7,12-18,39H2,1-4H3,(H2,40,50)(H2,41,51)(H,42,53)(H,43,52)(H,44,56)(H,45,57)(H,46,54)(H,47,55)/t20-,23-,24-,25-,26-,27-,28-,31-/m0/s1. The number of rotatable bonds is 14. The Morgan fingerprint density at radius 3 is 2.12 bits per heavy atom. The molecule has 2 aliphatic rings. The molecule has 9 amide bonds. The van der Waals surface area contributed by atoms with E-state index < -0.39 is 114 Å². The first kappa shape index (κ1) is 49.3. The number of likely N-dealkylation sites (tertiary alicyclic amines) is 1. The van der Waals surface area contributed by atoms with E-state index in [-0.39, 0.29) is 49.0 Å². The summed E-state index contributed by atoms with van der Waals surface area (Å²) in [5.41, 5.74) is 17.5. The lowest BCUT2D eigenvalue weighted by Gasteiger charge is -2.31. The van der Waals surface area contributed by atoms with Crippen molar-refractivity contribution in [3.8, 4) is 5.75 Å². The number of hydrogen-bond acceptors (Lipinski definition) is 13. The highest BCUT2D eigenvalue weighted by Gasteiger charge is 2.41. The van der Waals surface area contributed by atoms with Gasteiger partial charge in [-0.2, -0.15) is 0 Å². The SMILES string of the molecule is CC[C@H](C)[C@@H]1NC(=O)[C@H](Cc2ccc(O)cc2)NC(=O)[C@@H](N)CSSC[C@@H](C(=O)N2CCC[C@H]2C(=O)N[C@@H](CC(C)C)C(=O)NCC(N)=O)NC(=O)[C@H](CC(N)=O)NC1=O. The van der Waals surface area contributed by atoms with Crippen LogP contribution in [0, 0.1) is 11.8 Å². The average Bonchev–Trinajstić information content (AvgIpc) is 3.69. The third kappa shape index (κ3) is 15.2. The second-order valence-electron chi connectivity index (χ2n) is 15.3. The maximum absolute atomic E-state index is 14.3. The summed E-state index contributed by atoms with van der Waals surface area (Å²) >= 11 is 0. The van der Waals surface area contributed by atoms with Gasteiger partial charge in [0.25, 0.3) is 0 Å². The zero-order chi connectivity index (χ0) is 44.7. The Kier molecular flexibility index (Phi) is 19.4. The molecule has 0 aliphatic carbocycles. The van der Waals surface area contributed by atoms with Gasteiger partial charge in [0.15, 0.2) is 0 Å². The van der Waals surface area contributed by atoms with Crippen molar-refractivity contribution in [2.24, 2.45) is 29.0 Å². The molecule has 8 atom stereocenters. The van der Waals surface area contributed by atoms with Crippen LogP contribution in [0.25, 0.3) is 0 Å². The highest BCUT2D eigenvalue weighted by molar-refractivity contribution is 8.76. The van der Waals surface area contributed by atoms with Crippen LogP contribution in [0.15, 0.2) is 24.3 Å². The molecule has 0 unspecified atom stereocenters. The first-order valence-electron chi connectivity index (χ1n) is 19.8. The van der Waals surface area contributed by atoms with Crippen LogP contribution in [0.1, 0.15) is 65.4 Å². The van der Waals surface area contributed by atoms with Gasteiger partial charge in [-0.15, -0.1) is 0 Å². The number of phenolic OH excluding ortho intramolecular Hbond substituents is 1. The van der Waals surface area contributed by atoms with Gasteiger partial charge in [-0.1, -0.05) is 67.8 Å². The molecule has 0 bridgehead atoms. The number of nitrogens with two attached hydrogens (primary N) is 3. The molecule has 22 heteroatoms. The molecule has 0 spiro atoms. The molecule has 0 radical (unpaired) electrons. The van der Waals surface area contributed by atoms with Crippen molar-refractivity contribution in [1.29, 1.82) is 0 Å². The van der Waals surface area contributed by atoms with Gasteiger partial charge < -0.3 is 59.1 Å². The van der Waals surface area contributed by atoms with Crippen LogP contribution in [0.3, 0.4) is 0 Å². The van der Waals surface area contributed by atoms with E-state index >= 15 is 0 Å². The summed E-state index contributed by atoms with van der Waals surface area (Å²) in [6.45, 7) is 6.83. The van der Waals surface area contributed by atoms with Crippen molar-refractivity contribution in [2.75, 3.05) is 24.6 Å². The Balaban J connectivity index is 1.94. The Labute approximate surface area is 356 Å². The van der Waals surface area contributed by atoms with E-state index in [1.165, 1.54) is 17.0 Å². The third-order valence-corrected chi connectivity index (χ3v) is 12.4. The summed E-state index contributed by atoms with van der Waals surface area (Å²) in [6, 6.07) is -2.65. The Morgan fingerprint density at radius 2 is 1.50 bits per heavy atom. The predicted octanol–water partition coefficient (Wildman–Crippen LogP) is -2.36. The van der Waals surface area contributed by atoms with E-state index in [9.17, 15) is 48.3 Å². The Morgan fingerprint density at radius 1 is 0.867 bits per heavy atom. The van der Waals surface area contributed by atoms with Crippen LogP contribution in [0.2, 0.25) is 0 Å². The molecule has 1 aromatic carbocycles. The lowest BCUT2D eigenvalue weighted by Crippen LogP contribution is -2.61. The molecular formula is C38H58N10O10S2. The van der Waals surface area contributed by atoms with Gasteiger partial charge in [0.05, 0.1) is 19.0 Å². The summed E-state index contributed by atoms with van der Waals surface area (Å²) in [4.78, 5) is 121. The van der Waals surface area contributed by atoms with E-state index in [1.54, 1.807) is 26.0 Å². The zero-order valence-electron chi connectivity index (χ0n) is 34.2. The van der Waals surface area contributed by atoms with Crippen LogP contribution >= 0.6 is 21.6 Å². The summed E-state index contributed by atoms with van der Waals surface area (Å²) in [5, 5.41) is 25.3. The number of amides is 9. The fourth-order valence-corrected chi connectivity index (χ4v) is 8.79. The number of primary amides is 2. The van der Waals surface area contributed by atoms with Crippen molar-refractivity contribution < 1.29 is 48.3 Å². The third-order valence-electron chi connectivity index (χ3n) is 9.97. The number of nitrogens with one attached hydrogen (secondary N) is 6. The topological polar surface area (TPSA) is 327 Å². The Bertz CT molecular complexity index is 1740. The molecule has 2 heterocycles. The average molecular weight is 879 g/mol. The quantitative estimate of drug-likeness (QED) is 0.0876. The molecule has 2 aliphatic heterocycles. The largest absolute Gasteiger partial charge is 0.508 e. The summed E-state index contributed by atoms with van der Waals surface area (Å²) in [7, 11) is 2.19. The van der Waals surface area contributed by atoms with E-state index in [1.807, 2.05) is 13.8 Å². The van der Waals surface area contributed by atoms with Gasteiger partial charge in [0, 0.05) is 24.5 Å². The van der Waals surface area contributed by atoms with E-state index in [4.69, 9.17) is 17.2 Å². The minimum atomic E-state index is -1.59. The number of phenols is 1. The summed E-state index contributed by atoms with van der Waals surface area (Å²) in [6.07, 6.45) is 0.552. The van der Waals surface area contributed by atoms with Crippen molar-refractivity contribution in [3.05, 3.63) is 29.8 Å². The molecule has 0 aromatic heterocycles. The molecule has 2 fully saturated rings. The number of carbonyl (C=O) groups excluding carboxylic acids is 9. The summed E-state index contributed by atoms with van der Waals surface area (Å²) < 4.78 is 0. The zero-order valence-corrected chi connectivity index (χ0v) is 35.8. The number of carbonyl (C=O) groups is 9. The molecule has 20 nitrogen and oxygen atoms in total. The van der Waals surface area contributed by atoms with E-state index in [2.05, 4.69) is 31.9 Å². The van der Waals surface area contributed by atoms with Crippen LogP contribution in [-0.2, 0) is 49.6 Å². The summed E-state index contributed by atoms with van der Waals surface area (Å²) in [5.74, 6) is -7.51. The Hall–Kier alpha value is -5.09. The van der Waals surface area contributed by atoms with Gasteiger partial charge in [0.2, 0.25) is 53.2 Å². The van der Waals surface area contributed by atoms with Gasteiger partial charge >= 0.3 is 0 Å². The number of aromatic hydroxyl groups is 1. The molecule has 2 saturated heterocycles. The first-order chi connectivity index (χ1) is 28.3. The minimum Gasteiger partial charge on any atom is -0.508 e. The molecule has 0 saturated carbocycles. The van der Waals surface area contributed by atoms with Crippen molar-refractivity contribution >= 4 is 74.8 Å². The number of benzene rings is 1. The van der Waals surface area contributed by atoms with Crippen LogP contribution in [-0.4, -0.2) is 130 Å². The molecule has 332 valence electrons. The van der Waals surface area contributed by atoms with E-state index in [0.717, 1.165) is 21.6 Å². The maximum Gasteiger partial charge on any atom is 0.246 e. The van der Waals surface area contributed by atoms with Crippen LogP contribution in [0.4, 0.5) is 0 Å². The monoisotopic (exact) mass is 878 g/mol. The van der Waals surface area contributed by atoms with Gasteiger partial charge in [-0.05, 0) is 48.8 Å². The van der Waals surface area contributed by atoms with Gasteiger partial charge in [0.1, 0.15) is 42.0 Å². The van der Waals surface area contributed by atoms with E-state index in [0.29, 0.717) is 18.4 Å². The van der Waals surface area contributed by atoms with Crippen LogP contribution < -0.4 is 49.1 Å². The molecular weight excluding hydrogens is 821 g/mol. The molecule has 3 rings (SSSR count). The molecule has 60 heavy (non-hydrogen) atoms. The normalized spacial score (nSPS) is 24.5. The van der Waals surface area contributed by atoms with Crippen molar-refractivity contribution in [3.63, 3.8) is 0 Å². The fourth-order valence-electron chi connectivity index (χ4n) is 6.52. The lowest BCUT2D eigenvalue weighted by atomic mass is 9.96. The smallest absolute Gasteiger partial charge is 0.246 e. The second kappa shape index (κ2) is 23.6. The predicted molar refractivity (Wildman–Crippen MR) is 224 cm³/mol. The fraction of sp³-hybridized carbons (Fsp3) is 0.605. The first-order valence-corrected chi connectivity index (χ1v) is 22.2. The lowest BCUT2D eigenvalue weighted by molar-refractivity contribution is -0.142. The van der Waals surface area contributed by atoms with Crippen LogP contribution in [0.5, 0.6) is 5.75 Å². The molecule has 13 N–H and O–H groups in total. The van der Waals surface area contributed by atoms with Crippen molar-refractivity contribution in [1.82, 2.24) is 36.8 Å². The highest BCUT2D eigenvalue weighted by atomic mass is 33.1. The van der Waals surface area contributed by atoms with Gasteiger partial charge in [-0.25, -0.2) is 0 Å². The minimum absolute atomic E-state index is 0.00252. The van der Waals surface area contributed by atoms with Crippen molar-refractivity contribution in [2.45, 2.75) is 109 Å². The maximum atomic E-state index is 14.3. The number of nitrogens with zero attached hydrogens (tertiary/aromatic N) is 1. The highest BCUT2D eigenvalue weighted by Crippen LogP contribution is 2.26.